The third kappa shape index (κ3) is 4.62. The second-order valence-electron chi connectivity index (χ2n) is 6.74. The molecule has 1 aromatic carbocycles. The molecule has 1 amide bonds. The van der Waals surface area contributed by atoms with Gasteiger partial charge in [-0.2, -0.15) is 0 Å². The van der Waals surface area contributed by atoms with E-state index in [9.17, 15) is 9.18 Å². The fraction of sp³-hybridized carbons (Fsp3) is 0.562. The highest BCUT2D eigenvalue weighted by molar-refractivity contribution is 5.85. The summed E-state index contributed by atoms with van der Waals surface area (Å²) in [5.74, 6) is 0.260. The number of benzene rings is 1. The number of halogens is 1. The topological polar surface area (TPSA) is 50.4 Å². The van der Waals surface area contributed by atoms with Crippen LogP contribution in [0.2, 0.25) is 0 Å². The number of hydrogen-bond donors (Lipinski definition) is 2. The van der Waals surface area contributed by atoms with Gasteiger partial charge in [-0.25, -0.2) is 9.18 Å². The van der Waals surface area contributed by atoms with Gasteiger partial charge < -0.3 is 10.1 Å². The van der Waals surface area contributed by atoms with Crippen LogP contribution < -0.4 is 10.6 Å². The molecule has 0 atom stereocenters. The highest BCUT2D eigenvalue weighted by Crippen LogP contribution is 2.30. The van der Waals surface area contributed by atoms with Crippen molar-refractivity contribution in [1.29, 1.82) is 0 Å². The first-order valence-electron chi connectivity index (χ1n) is 7.29. The van der Waals surface area contributed by atoms with Crippen LogP contribution in [0.1, 0.15) is 40.5 Å². The number of hydrogen-bond acceptors (Lipinski definition) is 3. The van der Waals surface area contributed by atoms with Gasteiger partial charge in [-0.15, -0.1) is 0 Å². The van der Waals surface area contributed by atoms with Crippen molar-refractivity contribution in [3.05, 3.63) is 24.0 Å². The van der Waals surface area contributed by atoms with Crippen molar-refractivity contribution in [2.24, 2.45) is 5.92 Å². The molecule has 0 saturated heterocycles. The first-order valence-corrected chi connectivity index (χ1v) is 7.29. The number of anilines is 2. The van der Waals surface area contributed by atoms with E-state index in [2.05, 4.69) is 17.6 Å². The Bertz CT molecular complexity index is 519. The zero-order valence-electron chi connectivity index (χ0n) is 13.0. The third-order valence-electron chi connectivity index (χ3n) is 3.35. The Balaban J connectivity index is 2.00. The molecule has 0 bridgehead atoms. The molecule has 0 heterocycles. The second-order valence-corrected chi connectivity index (χ2v) is 6.74. The van der Waals surface area contributed by atoms with Gasteiger partial charge in [0.15, 0.2) is 0 Å². The van der Waals surface area contributed by atoms with Gasteiger partial charge in [0.1, 0.15) is 11.4 Å². The third-order valence-corrected chi connectivity index (χ3v) is 3.35. The molecule has 5 heteroatoms. The smallest absolute Gasteiger partial charge is 0.412 e. The summed E-state index contributed by atoms with van der Waals surface area (Å²) in [6.07, 6.45) is 1.58. The van der Waals surface area contributed by atoms with E-state index in [0.717, 1.165) is 24.4 Å². The quantitative estimate of drug-likeness (QED) is 0.869. The lowest BCUT2D eigenvalue weighted by Gasteiger charge is -2.34. The molecular formula is C16H23FN2O2. The summed E-state index contributed by atoms with van der Waals surface area (Å²) in [6, 6.07) is 5.05. The molecule has 1 aliphatic rings. The van der Waals surface area contributed by atoms with Crippen molar-refractivity contribution in [2.45, 2.75) is 52.2 Å². The largest absolute Gasteiger partial charge is 0.444 e. The molecule has 0 radical (unpaired) electrons. The predicted octanol–water partition coefficient (Wildman–Crippen LogP) is 4.38. The van der Waals surface area contributed by atoms with E-state index in [1.54, 1.807) is 32.9 Å². The molecule has 116 valence electrons. The molecule has 4 nitrogen and oxygen atoms in total. The number of ether oxygens (including phenoxy) is 1. The van der Waals surface area contributed by atoms with Crippen molar-refractivity contribution >= 4 is 17.5 Å². The number of carbonyl (C=O) groups is 1. The van der Waals surface area contributed by atoms with Crippen molar-refractivity contribution in [1.82, 2.24) is 0 Å². The lowest BCUT2D eigenvalue weighted by atomic mass is 9.82. The lowest BCUT2D eigenvalue weighted by Crippen LogP contribution is -2.33. The van der Waals surface area contributed by atoms with Crippen LogP contribution >= 0.6 is 0 Å². The number of nitrogens with one attached hydrogen (secondary N) is 2. The van der Waals surface area contributed by atoms with Crippen molar-refractivity contribution in [2.75, 3.05) is 10.6 Å². The Morgan fingerprint density at radius 3 is 2.57 bits per heavy atom. The molecule has 1 aromatic rings. The van der Waals surface area contributed by atoms with E-state index in [1.807, 2.05) is 0 Å². The fourth-order valence-electron chi connectivity index (χ4n) is 2.38. The predicted molar refractivity (Wildman–Crippen MR) is 82.1 cm³/mol. The van der Waals surface area contributed by atoms with E-state index < -0.39 is 17.5 Å². The van der Waals surface area contributed by atoms with Gasteiger partial charge in [0.25, 0.3) is 0 Å². The fourth-order valence-corrected chi connectivity index (χ4v) is 2.38. The van der Waals surface area contributed by atoms with Crippen LogP contribution in [0, 0.1) is 11.7 Å². The Kier molecular flexibility index (Phi) is 4.40. The minimum Gasteiger partial charge on any atom is -0.444 e. The summed E-state index contributed by atoms with van der Waals surface area (Å²) in [5, 5.41) is 5.79. The molecule has 0 unspecified atom stereocenters. The summed E-state index contributed by atoms with van der Waals surface area (Å²) in [5.41, 5.74) is 0.319. The summed E-state index contributed by atoms with van der Waals surface area (Å²) in [6.45, 7) is 7.49. The molecule has 21 heavy (non-hydrogen) atoms. The van der Waals surface area contributed by atoms with Gasteiger partial charge >= 0.3 is 6.09 Å². The van der Waals surface area contributed by atoms with Crippen LogP contribution in [0.5, 0.6) is 0 Å². The minimum atomic E-state index is -0.657. The van der Waals surface area contributed by atoms with E-state index in [1.165, 1.54) is 6.07 Å². The molecule has 2 rings (SSSR count). The Morgan fingerprint density at radius 2 is 2.00 bits per heavy atom. The van der Waals surface area contributed by atoms with Gasteiger partial charge in [-0.05, 0) is 57.7 Å². The van der Waals surface area contributed by atoms with Gasteiger partial charge in [-0.1, -0.05) is 6.92 Å². The van der Waals surface area contributed by atoms with E-state index in [0.29, 0.717) is 6.04 Å². The zero-order chi connectivity index (χ0) is 15.6. The average molecular weight is 294 g/mol. The SMILES string of the molecule is CC1CC(Nc2ccc(F)c(NC(=O)OC(C)(C)C)c2)C1. The number of rotatable bonds is 3. The summed E-state index contributed by atoms with van der Waals surface area (Å²) < 4.78 is 18.9. The maximum atomic E-state index is 13.8. The molecule has 2 N–H and O–H groups in total. The first kappa shape index (κ1) is 15.6. The molecule has 1 fully saturated rings. The standard InChI is InChI=1S/C16H23FN2O2/c1-10-7-12(8-10)18-11-5-6-13(17)14(9-11)19-15(20)21-16(2,3)4/h5-6,9-10,12,18H,7-8H2,1-4H3,(H,19,20). The Morgan fingerprint density at radius 1 is 1.33 bits per heavy atom. The summed E-state index contributed by atoms with van der Waals surface area (Å²) in [7, 11) is 0. The van der Waals surface area contributed by atoms with E-state index >= 15 is 0 Å². The van der Waals surface area contributed by atoms with Crippen LogP contribution in [-0.4, -0.2) is 17.7 Å². The van der Waals surface area contributed by atoms with Crippen LogP contribution in [-0.2, 0) is 4.74 Å². The van der Waals surface area contributed by atoms with Gasteiger partial charge in [0.2, 0.25) is 0 Å². The second kappa shape index (κ2) is 5.92. The first-order chi connectivity index (χ1) is 9.73. The molecule has 1 aliphatic carbocycles. The molecule has 0 aromatic heterocycles. The summed E-state index contributed by atoms with van der Waals surface area (Å²) in [4.78, 5) is 11.7. The Labute approximate surface area is 125 Å². The lowest BCUT2D eigenvalue weighted by molar-refractivity contribution is 0.0635. The zero-order valence-corrected chi connectivity index (χ0v) is 13.0. The molecule has 0 aliphatic heterocycles. The average Bonchev–Trinajstić information content (AvgIpc) is 2.29. The van der Waals surface area contributed by atoms with E-state index in [4.69, 9.17) is 4.74 Å². The van der Waals surface area contributed by atoms with Gasteiger partial charge in [0.05, 0.1) is 5.69 Å². The number of amides is 1. The van der Waals surface area contributed by atoms with Crippen molar-refractivity contribution in [3.63, 3.8) is 0 Å². The van der Waals surface area contributed by atoms with Crippen molar-refractivity contribution in [3.8, 4) is 0 Å². The van der Waals surface area contributed by atoms with Crippen LogP contribution in [0.15, 0.2) is 18.2 Å². The minimum absolute atomic E-state index is 0.127. The Hall–Kier alpha value is -1.78. The van der Waals surface area contributed by atoms with E-state index in [-0.39, 0.29) is 5.69 Å². The highest BCUT2D eigenvalue weighted by atomic mass is 19.1. The van der Waals surface area contributed by atoms with Crippen LogP contribution in [0.3, 0.4) is 0 Å². The summed E-state index contributed by atoms with van der Waals surface area (Å²) >= 11 is 0. The van der Waals surface area contributed by atoms with Crippen LogP contribution in [0.25, 0.3) is 0 Å². The molecular weight excluding hydrogens is 271 g/mol. The van der Waals surface area contributed by atoms with Gasteiger partial charge in [0, 0.05) is 11.7 Å². The van der Waals surface area contributed by atoms with Crippen molar-refractivity contribution < 1.29 is 13.9 Å². The number of carbonyl (C=O) groups excluding carboxylic acids is 1. The maximum Gasteiger partial charge on any atom is 0.412 e. The van der Waals surface area contributed by atoms with Crippen LogP contribution in [0.4, 0.5) is 20.6 Å². The highest BCUT2D eigenvalue weighted by Gasteiger charge is 2.25. The molecule has 1 saturated carbocycles. The van der Waals surface area contributed by atoms with Gasteiger partial charge in [-0.3, -0.25) is 5.32 Å². The maximum absolute atomic E-state index is 13.8. The monoisotopic (exact) mass is 294 g/mol. The molecule has 0 spiro atoms. The normalized spacial score (nSPS) is 21.4.